The molecule has 0 spiro atoms. The fraction of sp³-hybridized carbons (Fsp3) is 0.643. The van der Waals surface area contributed by atoms with Crippen LogP contribution in [0.1, 0.15) is 38.2 Å². The first-order chi connectivity index (χ1) is 10.2. The molecule has 0 saturated heterocycles. The Hall–Kier alpha value is -1.40. The van der Waals surface area contributed by atoms with Crippen molar-refractivity contribution in [2.24, 2.45) is 0 Å². The molecule has 0 aliphatic heterocycles. The van der Waals surface area contributed by atoms with Crippen molar-refractivity contribution in [2.75, 3.05) is 18.1 Å². The van der Waals surface area contributed by atoms with Crippen LogP contribution in [0.4, 0.5) is 5.82 Å². The van der Waals surface area contributed by atoms with Crippen LogP contribution >= 0.6 is 11.6 Å². The topological polar surface area (TPSA) is 75.5 Å². The Morgan fingerprint density at radius 2 is 2.24 bits per heavy atom. The largest absolute Gasteiger partial charge is 0.465 e. The SMILES string of the molecule is CCOC(=O)CN(c1nc(Cl)ncc1CO)C1CCCC1. The number of hydrogen-bond acceptors (Lipinski definition) is 6. The summed E-state index contributed by atoms with van der Waals surface area (Å²) >= 11 is 5.88. The van der Waals surface area contributed by atoms with Gasteiger partial charge in [0.25, 0.3) is 0 Å². The third-order valence-electron chi connectivity index (χ3n) is 3.62. The summed E-state index contributed by atoms with van der Waals surface area (Å²) in [4.78, 5) is 21.9. The molecule has 1 aliphatic carbocycles. The maximum atomic E-state index is 11.9. The van der Waals surface area contributed by atoms with E-state index < -0.39 is 0 Å². The summed E-state index contributed by atoms with van der Waals surface area (Å²) in [5, 5.41) is 9.58. The highest BCUT2D eigenvalue weighted by molar-refractivity contribution is 6.28. The Morgan fingerprint density at radius 1 is 1.52 bits per heavy atom. The zero-order chi connectivity index (χ0) is 15.2. The molecule has 0 aromatic carbocycles. The fourth-order valence-corrected chi connectivity index (χ4v) is 2.80. The van der Waals surface area contributed by atoms with Crippen molar-refractivity contribution < 1.29 is 14.6 Å². The molecule has 0 radical (unpaired) electrons. The molecule has 0 amide bonds. The molecule has 7 heteroatoms. The first-order valence-corrected chi connectivity index (χ1v) is 7.58. The van der Waals surface area contributed by atoms with E-state index in [9.17, 15) is 9.90 Å². The van der Waals surface area contributed by atoms with Gasteiger partial charge in [0.05, 0.1) is 13.2 Å². The van der Waals surface area contributed by atoms with Gasteiger partial charge in [0.15, 0.2) is 0 Å². The molecule has 1 N–H and O–H groups in total. The van der Waals surface area contributed by atoms with Gasteiger partial charge in [-0.05, 0) is 31.4 Å². The average molecular weight is 314 g/mol. The van der Waals surface area contributed by atoms with Gasteiger partial charge in [-0.1, -0.05) is 12.8 Å². The van der Waals surface area contributed by atoms with Gasteiger partial charge in [0, 0.05) is 17.8 Å². The summed E-state index contributed by atoms with van der Waals surface area (Å²) in [5.41, 5.74) is 0.565. The molecule has 2 rings (SSSR count). The minimum atomic E-state index is -0.303. The van der Waals surface area contributed by atoms with E-state index in [2.05, 4.69) is 9.97 Å². The lowest BCUT2D eigenvalue weighted by Crippen LogP contribution is -2.39. The Labute approximate surface area is 129 Å². The number of aromatic nitrogens is 2. The second-order valence-corrected chi connectivity index (χ2v) is 5.36. The third kappa shape index (κ3) is 4.04. The number of ether oxygens (including phenoxy) is 1. The smallest absolute Gasteiger partial charge is 0.325 e. The molecule has 0 unspecified atom stereocenters. The summed E-state index contributed by atoms with van der Waals surface area (Å²) < 4.78 is 5.04. The highest BCUT2D eigenvalue weighted by atomic mass is 35.5. The average Bonchev–Trinajstić information content (AvgIpc) is 2.99. The van der Waals surface area contributed by atoms with Crippen LogP contribution in [0.3, 0.4) is 0 Å². The molecule has 1 aromatic rings. The number of carbonyl (C=O) groups excluding carboxylic acids is 1. The predicted molar refractivity (Wildman–Crippen MR) is 79.2 cm³/mol. The number of hydrogen-bond donors (Lipinski definition) is 1. The predicted octanol–water partition coefficient (Wildman–Crippen LogP) is 1.93. The maximum Gasteiger partial charge on any atom is 0.325 e. The van der Waals surface area contributed by atoms with Gasteiger partial charge in [-0.3, -0.25) is 4.79 Å². The van der Waals surface area contributed by atoms with E-state index in [1.165, 1.54) is 6.20 Å². The third-order valence-corrected chi connectivity index (χ3v) is 3.81. The minimum Gasteiger partial charge on any atom is -0.465 e. The van der Waals surface area contributed by atoms with Crippen molar-refractivity contribution in [2.45, 2.75) is 45.3 Å². The Balaban J connectivity index is 2.29. The lowest BCUT2D eigenvalue weighted by Gasteiger charge is -2.30. The van der Waals surface area contributed by atoms with E-state index in [1.807, 2.05) is 4.90 Å². The first kappa shape index (κ1) is 16.0. The number of carbonyl (C=O) groups is 1. The number of anilines is 1. The van der Waals surface area contributed by atoms with Crippen LogP contribution in [0, 0.1) is 0 Å². The highest BCUT2D eigenvalue weighted by Crippen LogP contribution is 2.29. The van der Waals surface area contributed by atoms with Crippen LogP contribution in [-0.4, -0.2) is 40.2 Å². The second-order valence-electron chi connectivity index (χ2n) is 5.02. The van der Waals surface area contributed by atoms with E-state index in [0.717, 1.165) is 25.7 Å². The van der Waals surface area contributed by atoms with Crippen LogP contribution in [0.2, 0.25) is 5.28 Å². The lowest BCUT2D eigenvalue weighted by molar-refractivity contribution is -0.141. The molecule has 6 nitrogen and oxygen atoms in total. The van der Waals surface area contributed by atoms with E-state index in [-0.39, 0.29) is 30.4 Å². The number of halogens is 1. The van der Waals surface area contributed by atoms with Gasteiger partial charge in [-0.2, -0.15) is 0 Å². The maximum absolute atomic E-state index is 11.9. The molecular formula is C14H20ClN3O3. The normalized spacial score (nSPS) is 15.2. The van der Waals surface area contributed by atoms with Crippen molar-refractivity contribution in [3.8, 4) is 0 Å². The molecule has 0 atom stereocenters. The molecule has 1 fully saturated rings. The zero-order valence-electron chi connectivity index (χ0n) is 12.1. The Bertz CT molecular complexity index is 492. The van der Waals surface area contributed by atoms with Gasteiger partial charge >= 0.3 is 5.97 Å². The first-order valence-electron chi connectivity index (χ1n) is 7.20. The monoisotopic (exact) mass is 313 g/mol. The molecule has 21 heavy (non-hydrogen) atoms. The van der Waals surface area contributed by atoms with Gasteiger partial charge < -0.3 is 14.7 Å². The number of esters is 1. The fourth-order valence-electron chi connectivity index (χ4n) is 2.68. The highest BCUT2D eigenvalue weighted by Gasteiger charge is 2.28. The van der Waals surface area contributed by atoms with Gasteiger partial charge in [0.2, 0.25) is 5.28 Å². The molecule has 1 heterocycles. The molecule has 1 aromatic heterocycles. The van der Waals surface area contributed by atoms with Crippen molar-refractivity contribution in [1.82, 2.24) is 9.97 Å². The number of rotatable bonds is 6. The van der Waals surface area contributed by atoms with Crippen LogP contribution in [0.25, 0.3) is 0 Å². The minimum absolute atomic E-state index is 0.106. The van der Waals surface area contributed by atoms with Crippen LogP contribution in [-0.2, 0) is 16.1 Å². The van der Waals surface area contributed by atoms with E-state index in [1.54, 1.807) is 6.92 Å². The summed E-state index contributed by atoms with van der Waals surface area (Å²) in [5.74, 6) is 0.223. The molecular weight excluding hydrogens is 294 g/mol. The molecule has 116 valence electrons. The van der Waals surface area contributed by atoms with Crippen molar-refractivity contribution in [1.29, 1.82) is 0 Å². The summed E-state index contributed by atoms with van der Waals surface area (Å²) in [6, 6.07) is 0.214. The Morgan fingerprint density at radius 3 is 2.86 bits per heavy atom. The summed E-state index contributed by atoms with van der Waals surface area (Å²) in [7, 11) is 0. The number of aliphatic hydroxyl groups is 1. The molecule has 1 aliphatic rings. The van der Waals surface area contributed by atoms with E-state index >= 15 is 0 Å². The summed E-state index contributed by atoms with van der Waals surface area (Å²) in [6.45, 7) is 2.03. The molecule has 1 saturated carbocycles. The van der Waals surface area contributed by atoms with Gasteiger partial charge in [0.1, 0.15) is 12.4 Å². The van der Waals surface area contributed by atoms with Crippen LogP contribution < -0.4 is 4.90 Å². The zero-order valence-corrected chi connectivity index (χ0v) is 12.8. The van der Waals surface area contributed by atoms with Crippen molar-refractivity contribution in [3.63, 3.8) is 0 Å². The van der Waals surface area contributed by atoms with Crippen LogP contribution in [0.15, 0.2) is 6.20 Å². The number of aliphatic hydroxyl groups excluding tert-OH is 1. The van der Waals surface area contributed by atoms with E-state index in [4.69, 9.17) is 16.3 Å². The number of nitrogens with zero attached hydrogens (tertiary/aromatic N) is 3. The van der Waals surface area contributed by atoms with Gasteiger partial charge in [-0.25, -0.2) is 9.97 Å². The standard InChI is InChI=1S/C14H20ClN3O3/c1-2-21-12(20)8-18(11-5-3-4-6-11)13-10(9-19)7-16-14(15)17-13/h7,11,19H,2-6,8-9H2,1H3. The van der Waals surface area contributed by atoms with Crippen molar-refractivity contribution >= 4 is 23.4 Å². The van der Waals surface area contributed by atoms with Crippen molar-refractivity contribution in [3.05, 3.63) is 17.0 Å². The van der Waals surface area contributed by atoms with Gasteiger partial charge in [-0.15, -0.1) is 0 Å². The molecule has 0 bridgehead atoms. The van der Waals surface area contributed by atoms with Crippen LogP contribution in [0.5, 0.6) is 0 Å². The lowest BCUT2D eigenvalue weighted by atomic mass is 10.2. The van der Waals surface area contributed by atoms with E-state index in [0.29, 0.717) is 18.0 Å². The summed E-state index contributed by atoms with van der Waals surface area (Å²) in [6.07, 6.45) is 5.73. The Kier molecular flexibility index (Phi) is 5.76. The second kappa shape index (κ2) is 7.56. The quantitative estimate of drug-likeness (QED) is 0.639.